The second-order valence-corrected chi connectivity index (χ2v) is 11.8. The van der Waals surface area contributed by atoms with E-state index in [1.54, 1.807) is 0 Å². The zero-order chi connectivity index (χ0) is 29.5. The van der Waals surface area contributed by atoms with Gasteiger partial charge in [-0.05, 0) is 82.9 Å². The molecule has 3 aromatic heterocycles. The predicted octanol–water partition coefficient (Wildman–Crippen LogP) is 9.72. The Morgan fingerprint density at radius 2 is 0.978 bits per heavy atom. The van der Waals surface area contributed by atoms with Crippen LogP contribution in [-0.2, 0) is 5.41 Å². The second-order valence-electron chi connectivity index (χ2n) is 11.8. The molecule has 5 aromatic carbocycles. The zero-order valence-corrected chi connectivity index (χ0v) is 24.3. The van der Waals surface area contributed by atoms with Gasteiger partial charge in [-0.3, -0.25) is 9.97 Å². The van der Waals surface area contributed by atoms with Gasteiger partial charge in [0, 0.05) is 34.5 Å². The molecule has 0 saturated carbocycles. The van der Waals surface area contributed by atoms with Crippen LogP contribution in [0.15, 0.2) is 158 Å². The summed E-state index contributed by atoms with van der Waals surface area (Å²) in [4.78, 5) is 12.3. The first-order valence-corrected chi connectivity index (χ1v) is 15.3. The topological polar surface area (TPSA) is 34.0 Å². The molecule has 0 atom stereocenters. The van der Waals surface area contributed by atoms with Crippen molar-refractivity contribution < 1.29 is 0 Å². The molecule has 0 saturated heterocycles. The highest BCUT2D eigenvalue weighted by atomic mass is 15.2. The maximum atomic E-state index is 4.95. The monoisotopic (exact) mass is 574 g/mol. The molecule has 4 nitrogen and oxygen atoms in total. The zero-order valence-electron chi connectivity index (χ0n) is 24.3. The van der Waals surface area contributed by atoms with Crippen LogP contribution in [0.4, 0.5) is 17.1 Å². The van der Waals surface area contributed by atoms with Crippen LogP contribution in [0, 0.1) is 0 Å². The lowest BCUT2D eigenvalue weighted by molar-refractivity contribution is 0.748. The number of benzene rings is 5. The van der Waals surface area contributed by atoms with Crippen LogP contribution in [0.25, 0.3) is 38.9 Å². The summed E-state index contributed by atoms with van der Waals surface area (Å²) in [7, 11) is 0. The summed E-state index contributed by atoms with van der Waals surface area (Å²) < 4.78 is 2.41. The minimum absolute atomic E-state index is 0.598. The van der Waals surface area contributed by atoms with E-state index in [1.807, 2.05) is 12.4 Å². The van der Waals surface area contributed by atoms with Crippen molar-refractivity contribution in [1.29, 1.82) is 0 Å². The van der Waals surface area contributed by atoms with Gasteiger partial charge in [0.15, 0.2) is 0 Å². The molecule has 10 rings (SSSR count). The van der Waals surface area contributed by atoms with E-state index in [1.165, 1.54) is 44.1 Å². The van der Waals surface area contributed by atoms with E-state index in [0.29, 0.717) is 0 Å². The first-order valence-electron chi connectivity index (χ1n) is 15.3. The molecule has 210 valence electrons. The highest BCUT2D eigenvalue weighted by molar-refractivity contribution is 6.09. The Morgan fingerprint density at radius 3 is 1.67 bits per heavy atom. The van der Waals surface area contributed by atoms with Crippen molar-refractivity contribution in [2.45, 2.75) is 5.41 Å². The maximum absolute atomic E-state index is 4.95. The van der Waals surface area contributed by atoms with Gasteiger partial charge in [-0.2, -0.15) is 0 Å². The summed E-state index contributed by atoms with van der Waals surface area (Å²) in [5, 5.41) is 2.50. The molecule has 1 spiro atoms. The molecular formula is C41H26N4. The molecule has 8 aromatic rings. The van der Waals surface area contributed by atoms with Gasteiger partial charge in [0.2, 0.25) is 0 Å². The summed E-state index contributed by atoms with van der Waals surface area (Å²) in [5.41, 5.74) is 13.0. The van der Waals surface area contributed by atoms with Crippen LogP contribution in [0.2, 0.25) is 0 Å². The molecule has 4 heteroatoms. The summed E-state index contributed by atoms with van der Waals surface area (Å²) in [5.74, 6) is 0. The molecule has 0 fully saturated rings. The minimum atomic E-state index is -0.598. The van der Waals surface area contributed by atoms with E-state index in [9.17, 15) is 0 Å². The molecule has 0 bridgehead atoms. The number of anilines is 3. The number of para-hydroxylation sites is 4. The van der Waals surface area contributed by atoms with Gasteiger partial charge >= 0.3 is 0 Å². The number of rotatable bonds is 2. The average Bonchev–Trinajstić information content (AvgIpc) is 3.60. The number of aromatic nitrogens is 3. The van der Waals surface area contributed by atoms with Crippen molar-refractivity contribution in [3.8, 4) is 17.1 Å². The smallest absolute Gasteiger partial charge is 0.0937 e. The first-order chi connectivity index (χ1) is 22.4. The van der Waals surface area contributed by atoms with Gasteiger partial charge < -0.3 is 9.47 Å². The molecule has 0 N–H and O–H groups in total. The van der Waals surface area contributed by atoms with E-state index >= 15 is 0 Å². The van der Waals surface area contributed by atoms with Crippen LogP contribution >= 0.6 is 0 Å². The molecule has 0 amide bonds. The van der Waals surface area contributed by atoms with Crippen molar-refractivity contribution in [2.75, 3.05) is 4.90 Å². The molecule has 4 heterocycles. The SMILES string of the molecule is c1ccc(N2c3ccccc3C3(c4cc(-n5c6ccccc6c6ccccc65)ccc42)c2cccnc2-c2ncccc23)cc1. The Hall–Kier alpha value is -6.00. The third-order valence-electron chi connectivity index (χ3n) is 9.67. The van der Waals surface area contributed by atoms with Gasteiger partial charge in [-0.15, -0.1) is 0 Å². The maximum Gasteiger partial charge on any atom is 0.0937 e. The summed E-state index contributed by atoms with van der Waals surface area (Å²) in [6.07, 6.45) is 3.77. The highest BCUT2D eigenvalue weighted by Gasteiger charge is 2.53. The first kappa shape index (κ1) is 24.4. The van der Waals surface area contributed by atoms with Crippen molar-refractivity contribution in [3.63, 3.8) is 0 Å². The fraction of sp³-hybridized carbons (Fsp3) is 0.0244. The van der Waals surface area contributed by atoms with Crippen LogP contribution in [-0.4, -0.2) is 14.5 Å². The van der Waals surface area contributed by atoms with E-state index in [-0.39, 0.29) is 0 Å². The van der Waals surface area contributed by atoms with E-state index in [0.717, 1.165) is 34.1 Å². The van der Waals surface area contributed by atoms with E-state index in [4.69, 9.17) is 9.97 Å². The number of pyridine rings is 2. The van der Waals surface area contributed by atoms with Crippen molar-refractivity contribution in [2.24, 2.45) is 0 Å². The summed E-state index contributed by atoms with van der Waals surface area (Å²) >= 11 is 0. The van der Waals surface area contributed by atoms with Crippen molar-refractivity contribution in [3.05, 3.63) is 180 Å². The lowest BCUT2D eigenvalue weighted by Crippen LogP contribution is -2.36. The van der Waals surface area contributed by atoms with Crippen molar-refractivity contribution in [1.82, 2.24) is 14.5 Å². The minimum Gasteiger partial charge on any atom is -0.310 e. The Morgan fingerprint density at radius 1 is 0.422 bits per heavy atom. The number of hydrogen-bond donors (Lipinski definition) is 0. The lowest BCUT2D eigenvalue weighted by Gasteiger charge is -2.45. The molecule has 2 aliphatic rings. The molecule has 0 radical (unpaired) electrons. The predicted molar refractivity (Wildman–Crippen MR) is 182 cm³/mol. The quantitative estimate of drug-likeness (QED) is 0.206. The van der Waals surface area contributed by atoms with Gasteiger partial charge in [0.05, 0.1) is 39.2 Å². The van der Waals surface area contributed by atoms with Crippen LogP contribution in [0.1, 0.15) is 22.3 Å². The second kappa shape index (κ2) is 9.01. The normalized spacial score (nSPS) is 13.9. The van der Waals surface area contributed by atoms with Crippen LogP contribution in [0.5, 0.6) is 0 Å². The Labute approximate surface area is 260 Å². The third kappa shape index (κ3) is 3.10. The van der Waals surface area contributed by atoms with Gasteiger partial charge in [-0.1, -0.05) is 84.9 Å². The average molecular weight is 575 g/mol. The van der Waals surface area contributed by atoms with Gasteiger partial charge in [-0.25, -0.2) is 0 Å². The Kier molecular flexibility index (Phi) is 4.89. The Balaban J connectivity index is 1.38. The fourth-order valence-electron chi connectivity index (χ4n) is 7.99. The number of hydrogen-bond acceptors (Lipinski definition) is 3. The molecule has 45 heavy (non-hydrogen) atoms. The molecule has 1 aliphatic carbocycles. The molecule has 1 aliphatic heterocycles. The van der Waals surface area contributed by atoms with Crippen LogP contribution < -0.4 is 4.90 Å². The van der Waals surface area contributed by atoms with E-state index in [2.05, 4.69) is 155 Å². The van der Waals surface area contributed by atoms with Gasteiger partial charge in [0.25, 0.3) is 0 Å². The molecular weight excluding hydrogens is 548 g/mol. The van der Waals surface area contributed by atoms with E-state index < -0.39 is 5.41 Å². The van der Waals surface area contributed by atoms with Gasteiger partial charge in [0.1, 0.15) is 0 Å². The fourth-order valence-corrected chi connectivity index (χ4v) is 7.99. The Bertz CT molecular complexity index is 2360. The van der Waals surface area contributed by atoms with Crippen LogP contribution in [0.3, 0.4) is 0 Å². The van der Waals surface area contributed by atoms with Crippen molar-refractivity contribution >= 4 is 38.9 Å². The number of nitrogens with zero attached hydrogens (tertiary/aromatic N) is 4. The largest absolute Gasteiger partial charge is 0.310 e. The summed E-state index contributed by atoms with van der Waals surface area (Å²) in [6, 6.07) is 52.6. The highest BCUT2D eigenvalue weighted by Crippen LogP contribution is 2.62. The summed E-state index contributed by atoms with van der Waals surface area (Å²) in [6.45, 7) is 0. The lowest BCUT2D eigenvalue weighted by atomic mass is 9.65. The third-order valence-corrected chi connectivity index (χ3v) is 9.67. The standard InChI is InChI=1S/C41H26N4/c1-2-12-27(13-3-1)44-37-21-9-6-16-31(37)41(32-17-10-24-42-39(32)40-33(41)18-11-25-43-40)34-26-28(22-23-38(34)44)45-35-19-7-4-14-29(35)30-15-5-8-20-36(30)45/h1-26H. The number of fused-ring (bicyclic) bond motifs is 12. The molecule has 0 unspecified atom stereocenters.